The summed E-state index contributed by atoms with van der Waals surface area (Å²) in [6.45, 7) is 5.67. The molecule has 1 aromatic carbocycles. The molecule has 9 heteroatoms. The van der Waals surface area contributed by atoms with Crippen LogP contribution in [0.4, 0.5) is 4.39 Å². The summed E-state index contributed by atoms with van der Waals surface area (Å²) in [4.78, 5) is 8.94. The fourth-order valence-corrected chi connectivity index (χ4v) is 2.59. The van der Waals surface area contributed by atoms with E-state index in [2.05, 4.69) is 30.8 Å². The second-order valence-electron chi connectivity index (χ2n) is 6.37. The first kappa shape index (κ1) is 20.4. The largest absolute Gasteiger partial charge is 0.489 e. The van der Waals surface area contributed by atoms with Crippen molar-refractivity contribution in [3.8, 4) is 17.3 Å². The Kier molecular flexibility index (Phi) is 7.21. The first-order chi connectivity index (χ1) is 14.1. The first-order valence-electron chi connectivity index (χ1n) is 9.53. The minimum Gasteiger partial charge on any atom is -0.489 e. The summed E-state index contributed by atoms with van der Waals surface area (Å²) in [7, 11) is 0. The Balaban J connectivity index is 1.47. The average molecular weight is 400 g/mol. The van der Waals surface area contributed by atoms with Crippen LogP contribution in [0.5, 0.6) is 5.75 Å². The van der Waals surface area contributed by atoms with Crippen LogP contribution in [-0.4, -0.2) is 46.9 Å². The Morgan fingerprint density at radius 3 is 2.97 bits per heavy atom. The van der Waals surface area contributed by atoms with Crippen molar-refractivity contribution in [2.45, 2.75) is 26.4 Å². The molecule has 3 N–H and O–H groups in total. The number of rotatable bonds is 9. The minimum atomic E-state index is -0.323. The molecule has 0 saturated carbocycles. The highest BCUT2D eigenvalue weighted by atomic mass is 19.1. The molecule has 0 radical (unpaired) electrons. The smallest absolute Gasteiger partial charge is 0.216 e. The van der Waals surface area contributed by atoms with Crippen LogP contribution in [0.1, 0.15) is 19.7 Å². The second-order valence-corrected chi connectivity index (χ2v) is 6.37. The lowest BCUT2D eigenvalue weighted by molar-refractivity contribution is 0.229. The van der Waals surface area contributed by atoms with E-state index in [1.54, 1.807) is 24.5 Å². The number of guanidine groups is 1. The van der Waals surface area contributed by atoms with Crippen LogP contribution in [0.15, 0.2) is 52.1 Å². The maximum absolute atomic E-state index is 13.2. The average Bonchev–Trinajstić information content (AvgIpc) is 3.38. The highest BCUT2D eigenvalue weighted by molar-refractivity contribution is 5.79. The lowest BCUT2D eigenvalue weighted by Crippen LogP contribution is -2.39. The lowest BCUT2D eigenvalue weighted by atomic mass is 10.3. The van der Waals surface area contributed by atoms with Gasteiger partial charge in [0.2, 0.25) is 5.82 Å². The van der Waals surface area contributed by atoms with Crippen molar-refractivity contribution in [1.29, 1.82) is 0 Å². The van der Waals surface area contributed by atoms with Gasteiger partial charge in [-0.3, -0.25) is 5.10 Å². The molecule has 0 aliphatic carbocycles. The first-order valence-corrected chi connectivity index (χ1v) is 9.53. The number of aromatic amines is 1. The molecular formula is C20H25FN6O2. The fourth-order valence-electron chi connectivity index (χ4n) is 2.59. The second kappa shape index (κ2) is 10.3. The Bertz CT molecular complexity index is 909. The van der Waals surface area contributed by atoms with Crippen molar-refractivity contribution >= 4 is 5.96 Å². The molecule has 3 aromatic rings. The van der Waals surface area contributed by atoms with Crippen molar-refractivity contribution < 1.29 is 13.5 Å². The van der Waals surface area contributed by atoms with E-state index in [1.165, 1.54) is 12.1 Å². The quantitative estimate of drug-likeness (QED) is 0.377. The molecule has 29 heavy (non-hydrogen) atoms. The van der Waals surface area contributed by atoms with E-state index in [9.17, 15) is 4.39 Å². The summed E-state index contributed by atoms with van der Waals surface area (Å²) in [5.41, 5.74) is 0. The van der Waals surface area contributed by atoms with Gasteiger partial charge in [0.05, 0.1) is 12.8 Å². The zero-order valence-electron chi connectivity index (χ0n) is 16.5. The van der Waals surface area contributed by atoms with Gasteiger partial charge in [0, 0.05) is 25.6 Å². The monoisotopic (exact) mass is 400 g/mol. The van der Waals surface area contributed by atoms with Crippen LogP contribution < -0.4 is 15.4 Å². The molecule has 3 rings (SSSR count). The van der Waals surface area contributed by atoms with E-state index in [0.29, 0.717) is 42.8 Å². The number of hydrogen-bond donors (Lipinski definition) is 3. The van der Waals surface area contributed by atoms with Crippen LogP contribution in [0.3, 0.4) is 0 Å². The van der Waals surface area contributed by atoms with Gasteiger partial charge in [-0.1, -0.05) is 6.07 Å². The normalized spacial score (nSPS) is 12.6. The van der Waals surface area contributed by atoms with Crippen molar-refractivity contribution in [2.75, 3.05) is 19.6 Å². The van der Waals surface area contributed by atoms with E-state index < -0.39 is 0 Å². The highest BCUT2D eigenvalue weighted by Gasteiger charge is 2.09. The maximum Gasteiger partial charge on any atom is 0.216 e. The molecule has 0 bridgehead atoms. The number of halogens is 1. The van der Waals surface area contributed by atoms with Gasteiger partial charge < -0.3 is 19.8 Å². The number of benzene rings is 1. The van der Waals surface area contributed by atoms with Crippen molar-refractivity contribution in [3.63, 3.8) is 0 Å². The van der Waals surface area contributed by atoms with Gasteiger partial charge in [0.1, 0.15) is 23.5 Å². The molecule has 0 saturated heterocycles. The van der Waals surface area contributed by atoms with Gasteiger partial charge in [-0.05, 0) is 38.1 Å². The van der Waals surface area contributed by atoms with Gasteiger partial charge in [-0.15, -0.1) is 0 Å². The Morgan fingerprint density at radius 1 is 1.31 bits per heavy atom. The molecule has 0 fully saturated rings. The Labute approximate surface area is 168 Å². The third-order valence-corrected chi connectivity index (χ3v) is 3.91. The molecule has 154 valence electrons. The van der Waals surface area contributed by atoms with Crippen LogP contribution in [0.25, 0.3) is 11.6 Å². The number of nitrogens with one attached hydrogen (secondary N) is 3. The molecular weight excluding hydrogens is 375 g/mol. The van der Waals surface area contributed by atoms with Crippen LogP contribution in [0, 0.1) is 5.82 Å². The lowest BCUT2D eigenvalue weighted by Gasteiger charge is -2.15. The van der Waals surface area contributed by atoms with Crippen LogP contribution in [-0.2, 0) is 6.42 Å². The number of H-pyrrole nitrogens is 1. The fraction of sp³-hybridized carbons (Fsp3) is 0.350. The summed E-state index contributed by atoms with van der Waals surface area (Å²) in [5.74, 6) is 2.76. The predicted octanol–water partition coefficient (Wildman–Crippen LogP) is 2.77. The van der Waals surface area contributed by atoms with E-state index in [4.69, 9.17) is 9.15 Å². The molecule has 0 amide bonds. The van der Waals surface area contributed by atoms with Crippen molar-refractivity contribution in [2.24, 2.45) is 4.99 Å². The maximum atomic E-state index is 13.2. The molecule has 0 aliphatic rings. The van der Waals surface area contributed by atoms with E-state index in [1.807, 2.05) is 19.9 Å². The number of nitrogens with zero attached hydrogens (tertiary/aromatic N) is 3. The van der Waals surface area contributed by atoms with E-state index in [0.717, 1.165) is 12.4 Å². The molecule has 1 atom stereocenters. The Morgan fingerprint density at radius 2 is 2.21 bits per heavy atom. The highest BCUT2D eigenvalue weighted by Crippen LogP contribution is 2.15. The molecule has 8 nitrogen and oxygen atoms in total. The van der Waals surface area contributed by atoms with Gasteiger partial charge in [-0.2, -0.15) is 5.10 Å². The van der Waals surface area contributed by atoms with Crippen LogP contribution in [0.2, 0.25) is 0 Å². The minimum absolute atomic E-state index is 0.197. The molecule has 0 aliphatic heterocycles. The Hall–Kier alpha value is -3.36. The van der Waals surface area contributed by atoms with Gasteiger partial charge >= 0.3 is 0 Å². The summed E-state index contributed by atoms with van der Waals surface area (Å²) in [6, 6.07) is 9.69. The number of aliphatic imine (C=N–C) groups is 1. The van der Waals surface area contributed by atoms with Crippen LogP contribution >= 0.6 is 0 Å². The number of furan rings is 1. The molecule has 0 spiro atoms. The van der Waals surface area contributed by atoms with Gasteiger partial charge in [0.15, 0.2) is 11.7 Å². The number of ether oxygens (including phenoxy) is 1. The van der Waals surface area contributed by atoms with Gasteiger partial charge in [0.25, 0.3) is 0 Å². The standard InChI is InChI=1S/C20H25FN6O2/c1-3-22-20(24-13-14(2)29-16-7-4-6-15(21)12-16)23-10-9-18-25-19(27-26-18)17-8-5-11-28-17/h4-8,11-12,14H,3,9-10,13H2,1-2H3,(H2,22,23,24)(H,25,26,27). The molecule has 1 unspecified atom stereocenters. The summed E-state index contributed by atoms with van der Waals surface area (Å²) < 4.78 is 24.2. The van der Waals surface area contributed by atoms with Gasteiger partial charge in [-0.25, -0.2) is 14.4 Å². The number of hydrogen-bond acceptors (Lipinski definition) is 5. The summed E-state index contributed by atoms with van der Waals surface area (Å²) in [6.07, 6.45) is 2.04. The van der Waals surface area contributed by atoms with E-state index >= 15 is 0 Å². The van der Waals surface area contributed by atoms with E-state index in [-0.39, 0.29) is 11.9 Å². The third-order valence-electron chi connectivity index (χ3n) is 3.91. The zero-order valence-corrected chi connectivity index (χ0v) is 16.5. The number of aromatic nitrogens is 3. The molecule has 2 aromatic heterocycles. The zero-order chi connectivity index (χ0) is 20.5. The molecule has 2 heterocycles. The third kappa shape index (κ3) is 6.34. The topological polar surface area (TPSA) is 100 Å². The predicted molar refractivity (Wildman–Crippen MR) is 108 cm³/mol. The van der Waals surface area contributed by atoms with Crippen molar-refractivity contribution in [3.05, 3.63) is 54.3 Å². The SMILES string of the molecule is CCNC(=NCC(C)Oc1cccc(F)c1)NCCc1nc(-c2ccco2)n[nH]1. The summed E-state index contributed by atoms with van der Waals surface area (Å²) >= 11 is 0. The van der Waals surface area contributed by atoms with Crippen molar-refractivity contribution in [1.82, 2.24) is 25.8 Å². The summed E-state index contributed by atoms with van der Waals surface area (Å²) in [5, 5.41) is 13.5.